The molecule has 1 aliphatic heterocycles. The molecule has 0 spiro atoms. The number of benzene rings is 2. The summed E-state index contributed by atoms with van der Waals surface area (Å²) in [6.45, 7) is 2.33. The van der Waals surface area contributed by atoms with E-state index in [1.54, 1.807) is 31.4 Å². The molecule has 0 bridgehead atoms. The van der Waals surface area contributed by atoms with Crippen LogP contribution in [0, 0.1) is 5.82 Å². The Morgan fingerprint density at radius 2 is 1.87 bits per heavy atom. The molecule has 0 saturated carbocycles. The largest absolute Gasteiger partial charge is 0.360 e. The molecule has 160 valence electrons. The molecular weight excluding hydrogens is 419 g/mol. The van der Waals surface area contributed by atoms with Crippen molar-refractivity contribution in [1.29, 1.82) is 0 Å². The van der Waals surface area contributed by atoms with E-state index in [0.29, 0.717) is 22.7 Å². The number of aryl methyl sites for hydroxylation is 1. The highest BCUT2D eigenvalue weighted by Crippen LogP contribution is 2.45. The van der Waals surface area contributed by atoms with E-state index in [1.165, 1.54) is 22.8 Å². The lowest BCUT2D eigenvalue weighted by Crippen LogP contribution is -2.26. The van der Waals surface area contributed by atoms with E-state index < -0.39 is 18.0 Å². The second kappa shape index (κ2) is 8.65. The molecule has 0 saturated heterocycles. The first-order chi connectivity index (χ1) is 14.9. The van der Waals surface area contributed by atoms with Gasteiger partial charge in [0.05, 0.1) is 12.5 Å². The van der Waals surface area contributed by atoms with Gasteiger partial charge in [0.2, 0.25) is 5.91 Å². The first-order valence-electron chi connectivity index (χ1n) is 10.1. The maximum absolute atomic E-state index is 14.3. The van der Waals surface area contributed by atoms with Crippen LogP contribution in [0.25, 0.3) is 11.1 Å². The third-order valence-corrected chi connectivity index (χ3v) is 5.66. The lowest BCUT2D eigenvalue weighted by Gasteiger charge is -2.24. The van der Waals surface area contributed by atoms with Crippen LogP contribution in [0.5, 0.6) is 0 Å². The second-order valence-corrected chi connectivity index (χ2v) is 7.97. The molecular formula is C24H22ClFN2O3. The highest BCUT2D eigenvalue weighted by molar-refractivity contribution is 6.30. The zero-order valence-corrected chi connectivity index (χ0v) is 17.9. The normalized spacial score (nSPS) is 17.4. The molecule has 2 aromatic carbocycles. The number of pyridine rings is 1. The predicted octanol–water partition coefficient (Wildman–Crippen LogP) is 4.53. The molecule has 7 heteroatoms. The summed E-state index contributed by atoms with van der Waals surface area (Å²) in [6, 6.07) is 13.1. The molecule has 2 heterocycles. The minimum atomic E-state index is -0.688. The summed E-state index contributed by atoms with van der Waals surface area (Å²) in [6.07, 6.45) is 0.420. The van der Waals surface area contributed by atoms with Crippen LogP contribution >= 0.6 is 11.6 Å². The van der Waals surface area contributed by atoms with Gasteiger partial charge in [0.25, 0.3) is 5.56 Å². The van der Waals surface area contributed by atoms with Gasteiger partial charge in [-0.3, -0.25) is 9.59 Å². The smallest absolute Gasteiger partial charge is 0.250 e. The molecule has 4 rings (SSSR count). The fourth-order valence-electron chi connectivity index (χ4n) is 3.93. The Morgan fingerprint density at radius 3 is 2.58 bits per heavy atom. The number of ether oxygens (including phenoxy) is 1. The van der Waals surface area contributed by atoms with Gasteiger partial charge in [-0.25, -0.2) is 4.39 Å². The minimum Gasteiger partial charge on any atom is -0.360 e. The number of hydrogen-bond donors (Lipinski definition) is 1. The molecule has 0 aliphatic carbocycles. The number of amides is 1. The van der Waals surface area contributed by atoms with Crippen molar-refractivity contribution in [2.45, 2.75) is 25.6 Å². The Balaban J connectivity index is 1.94. The Kier molecular flexibility index (Phi) is 5.94. The number of carbonyl (C=O) groups excluding carboxylic acids is 1. The second-order valence-electron chi connectivity index (χ2n) is 7.54. The first kappa shape index (κ1) is 21.3. The summed E-state index contributed by atoms with van der Waals surface area (Å²) in [5, 5.41) is 3.35. The quantitative estimate of drug-likeness (QED) is 0.648. The van der Waals surface area contributed by atoms with Crippen LogP contribution in [-0.4, -0.2) is 17.0 Å². The average Bonchev–Trinajstić information content (AvgIpc) is 2.85. The molecule has 2 unspecified atom stereocenters. The topological polar surface area (TPSA) is 60.3 Å². The maximum atomic E-state index is 14.3. The van der Waals surface area contributed by atoms with Crippen molar-refractivity contribution in [3.8, 4) is 11.1 Å². The van der Waals surface area contributed by atoms with Crippen LogP contribution in [0.2, 0.25) is 5.02 Å². The molecule has 0 fully saturated rings. The Hall–Kier alpha value is -2.96. The van der Waals surface area contributed by atoms with Crippen molar-refractivity contribution in [3.05, 3.63) is 92.6 Å². The van der Waals surface area contributed by atoms with Crippen molar-refractivity contribution in [1.82, 2.24) is 9.88 Å². The van der Waals surface area contributed by atoms with Crippen LogP contribution in [-0.2, 0) is 16.6 Å². The van der Waals surface area contributed by atoms with E-state index in [9.17, 15) is 14.0 Å². The Morgan fingerprint density at radius 1 is 1.13 bits per heavy atom. The number of carbonyl (C=O) groups is 1. The van der Waals surface area contributed by atoms with E-state index in [-0.39, 0.29) is 17.9 Å². The van der Waals surface area contributed by atoms with Gasteiger partial charge < -0.3 is 14.6 Å². The molecule has 5 nitrogen and oxygen atoms in total. The zero-order valence-electron chi connectivity index (χ0n) is 17.2. The summed E-state index contributed by atoms with van der Waals surface area (Å²) in [5.41, 5.74) is 3.29. The van der Waals surface area contributed by atoms with E-state index in [1.807, 2.05) is 19.1 Å². The van der Waals surface area contributed by atoms with Gasteiger partial charge in [0.1, 0.15) is 11.9 Å². The third kappa shape index (κ3) is 4.27. The monoisotopic (exact) mass is 440 g/mol. The highest BCUT2D eigenvalue weighted by Gasteiger charge is 2.32. The van der Waals surface area contributed by atoms with Crippen LogP contribution in [0.3, 0.4) is 0 Å². The number of rotatable bonds is 4. The SMILES string of the molecule is CCNC(=O)CC1OC(c2ccc(Cl)cc2)c2cc(F)ccc2-c2cn(C)c(=O)cc21. The Labute approximate surface area is 184 Å². The molecule has 3 aromatic rings. The molecule has 1 amide bonds. The van der Waals surface area contributed by atoms with Crippen LogP contribution < -0.4 is 10.9 Å². The highest BCUT2D eigenvalue weighted by atomic mass is 35.5. The van der Waals surface area contributed by atoms with E-state index >= 15 is 0 Å². The number of halogens is 2. The molecule has 1 aliphatic rings. The van der Waals surface area contributed by atoms with Gasteiger partial charge in [-0.1, -0.05) is 29.8 Å². The standard InChI is InChI=1S/C24H22ClFN2O3/c1-3-27-22(29)12-21-18-11-23(30)28(2)13-20(18)17-9-8-16(26)10-19(17)24(31-21)14-4-6-15(25)7-5-14/h4-11,13,21,24H,3,12H2,1-2H3,(H,27,29). The van der Waals surface area contributed by atoms with Crippen molar-refractivity contribution in [2.75, 3.05) is 6.54 Å². The third-order valence-electron chi connectivity index (χ3n) is 5.41. The number of nitrogens with one attached hydrogen (secondary N) is 1. The van der Waals surface area contributed by atoms with Crippen molar-refractivity contribution in [3.63, 3.8) is 0 Å². The lowest BCUT2D eigenvalue weighted by molar-refractivity contribution is -0.124. The molecule has 2 atom stereocenters. The predicted molar refractivity (Wildman–Crippen MR) is 117 cm³/mol. The number of hydrogen-bond acceptors (Lipinski definition) is 3. The Bertz CT molecular complexity index is 1190. The van der Waals surface area contributed by atoms with Gasteiger partial charge in [-0.15, -0.1) is 0 Å². The molecule has 31 heavy (non-hydrogen) atoms. The average molecular weight is 441 g/mol. The molecule has 1 aromatic heterocycles. The van der Waals surface area contributed by atoms with Crippen molar-refractivity contribution >= 4 is 17.5 Å². The van der Waals surface area contributed by atoms with Crippen molar-refractivity contribution in [2.24, 2.45) is 7.05 Å². The van der Waals surface area contributed by atoms with E-state index in [4.69, 9.17) is 16.3 Å². The molecule has 1 N–H and O–H groups in total. The fourth-order valence-corrected chi connectivity index (χ4v) is 4.06. The number of fused-ring (bicyclic) bond motifs is 3. The summed E-state index contributed by atoms with van der Waals surface area (Å²) in [5.74, 6) is -0.582. The van der Waals surface area contributed by atoms with Gasteiger partial charge in [-0.2, -0.15) is 0 Å². The summed E-state index contributed by atoms with van der Waals surface area (Å²) in [7, 11) is 1.66. The summed E-state index contributed by atoms with van der Waals surface area (Å²) >= 11 is 6.06. The van der Waals surface area contributed by atoms with Gasteiger partial charge >= 0.3 is 0 Å². The van der Waals surface area contributed by atoms with Gasteiger partial charge in [-0.05, 0) is 53.4 Å². The summed E-state index contributed by atoms with van der Waals surface area (Å²) in [4.78, 5) is 24.9. The lowest BCUT2D eigenvalue weighted by atomic mass is 9.91. The van der Waals surface area contributed by atoms with Gasteiger partial charge in [0.15, 0.2) is 0 Å². The first-order valence-corrected chi connectivity index (χ1v) is 10.4. The van der Waals surface area contributed by atoms with Gasteiger partial charge in [0, 0.05) is 36.4 Å². The zero-order chi connectivity index (χ0) is 22.1. The molecule has 0 radical (unpaired) electrons. The number of nitrogens with zero attached hydrogens (tertiary/aromatic N) is 1. The van der Waals surface area contributed by atoms with Crippen molar-refractivity contribution < 1.29 is 13.9 Å². The number of aromatic nitrogens is 1. The van der Waals surface area contributed by atoms with Crippen LogP contribution in [0.4, 0.5) is 4.39 Å². The maximum Gasteiger partial charge on any atom is 0.250 e. The van der Waals surface area contributed by atoms with Crippen LogP contribution in [0.15, 0.2) is 59.5 Å². The summed E-state index contributed by atoms with van der Waals surface area (Å²) < 4.78 is 22.2. The van der Waals surface area contributed by atoms with Crippen LogP contribution in [0.1, 0.15) is 42.2 Å². The minimum absolute atomic E-state index is 0.0363. The van der Waals surface area contributed by atoms with E-state index in [0.717, 1.165) is 16.7 Å². The fraction of sp³-hybridized carbons (Fsp3) is 0.250. The van der Waals surface area contributed by atoms with E-state index in [2.05, 4.69) is 5.32 Å².